The summed E-state index contributed by atoms with van der Waals surface area (Å²) in [5, 5.41) is 0.590. The van der Waals surface area contributed by atoms with Crippen LogP contribution in [-0.4, -0.2) is 10.9 Å². The summed E-state index contributed by atoms with van der Waals surface area (Å²) in [6, 6.07) is 20.1. The van der Waals surface area contributed by atoms with Crippen molar-refractivity contribution in [1.29, 1.82) is 0 Å². The molecule has 0 spiro atoms. The molecular weight excluding hydrogens is 371 g/mol. The first-order chi connectivity index (χ1) is 13.5. The predicted molar refractivity (Wildman–Crippen MR) is 113 cm³/mol. The highest BCUT2D eigenvalue weighted by Gasteiger charge is 2.23. The quantitative estimate of drug-likeness (QED) is 0.431. The van der Waals surface area contributed by atoms with Crippen molar-refractivity contribution in [2.24, 2.45) is 0 Å². The molecule has 3 nitrogen and oxygen atoms in total. The van der Waals surface area contributed by atoms with Crippen LogP contribution in [0.4, 0.5) is 15.2 Å². The Morgan fingerprint density at radius 1 is 1.00 bits per heavy atom. The van der Waals surface area contributed by atoms with E-state index >= 15 is 0 Å². The Hall–Kier alpha value is -3.05. The van der Waals surface area contributed by atoms with Gasteiger partial charge in [-0.3, -0.25) is 9.69 Å². The van der Waals surface area contributed by atoms with Crippen LogP contribution in [0.15, 0.2) is 66.7 Å². The third kappa shape index (κ3) is 3.66. The van der Waals surface area contributed by atoms with E-state index in [2.05, 4.69) is 11.1 Å². The summed E-state index contributed by atoms with van der Waals surface area (Å²) in [5.41, 5.74) is 4.08. The Balaban J connectivity index is 1.80. The minimum absolute atomic E-state index is 0.0322. The average Bonchev–Trinajstić information content (AvgIpc) is 3.06. The molecule has 3 aromatic carbocycles. The Morgan fingerprint density at radius 3 is 2.39 bits per heavy atom. The lowest BCUT2D eigenvalue weighted by Gasteiger charge is -2.21. The number of hydrogen-bond donors (Lipinski definition) is 0. The van der Waals surface area contributed by atoms with Crippen LogP contribution in [0.3, 0.4) is 0 Å². The SMILES string of the molecule is Cc1cc(C)cc(N(C(=O)Cc2ccccc2F)c2nc3ccccc3s2)c1. The van der Waals surface area contributed by atoms with Gasteiger partial charge in [-0.2, -0.15) is 0 Å². The molecule has 0 aliphatic rings. The fourth-order valence-corrected chi connectivity index (χ4v) is 4.28. The highest BCUT2D eigenvalue weighted by molar-refractivity contribution is 7.22. The van der Waals surface area contributed by atoms with E-state index < -0.39 is 0 Å². The summed E-state index contributed by atoms with van der Waals surface area (Å²) in [7, 11) is 0. The van der Waals surface area contributed by atoms with Crippen molar-refractivity contribution >= 4 is 38.3 Å². The van der Waals surface area contributed by atoms with Crippen molar-refractivity contribution in [1.82, 2.24) is 4.98 Å². The number of benzene rings is 3. The largest absolute Gasteiger partial charge is 0.274 e. The van der Waals surface area contributed by atoms with Crippen LogP contribution in [-0.2, 0) is 11.2 Å². The van der Waals surface area contributed by atoms with Crippen LogP contribution in [0.25, 0.3) is 10.2 Å². The lowest BCUT2D eigenvalue weighted by Crippen LogP contribution is -2.28. The van der Waals surface area contributed by atoms with Crippen LogP contribution in [0.2, 0.25) is 0 Å². The van der Waals surface area contributed by atoms with E-state index in [1.54, 1.807) is 23.1 Å². The zero-order chi connectivity index (χ0) is 19.7. The lowest BCUT2D eigenvalue weighted by atomic mass is 10.1. The van der Waals surface area contributed by atoms with Crippen LogP contribution < -0.4 is 4.90 Å². The van der Waals surface area contributed by atoms with E-state index in [1.165, 1.54) is 17.4 Å². The van der Waals surface area contributed by atoms with Crippen molar-refractivity contribution in [2.75, 3.05) is 4.90 Å². The van der Waals surface area contributed by atoms with Crippen molar-refractivity contribution < 1.29 is 9.18 Å². The van der Waals surface area contributed by atoms with Gasteiger partial charge in [0.25, 0.3) is 0 Å². The molecule has 5 heteroatoms. The molecule has 0 atom stereocenters. The normalized spacial score (nSPS) is 11.0. The molecule has 0 aliphatic heterocycles. The number of rotatable bonds is 4. The van der Waals surface area contributed by atoms with E-state index in [4.69, 9.17) is 0 Å². The number of amides is 1. The van der Waals surface area contributed by atoms with Gasteiger partial charge in [-0.15, -0.1) is 0 Å². The number of aryl methyl sites for hydroxylation is 2. The van der Waals surface area contributed by atoms with E-state index in [9.17, 15) is 9.18 Å². The number of carbonyl (C=O) groups excluding carboxylic acids is 1. The van der Waals surface area contributed by atoms with Gasteiger partial charge < -0.3 is 0 Å². The van der Waals surface area contributed by atoms with E-state index in [0.29, 0.717) is 10.7 Å². The number of halogens is 1. The van der Waals surface area contributed by atoms with E-state index in [0.717, 1.165) is 27.0 Å². The van der Waals surface area contributed by atoms with Gasteiger partial charge in [0, 0.05) is 0 Å². The second-order valence-electron chi connectivity index (χ2n) is 6.81. The molecule has 1 heterocycles. The molecule has 4 rings (SSSR count). The molecule has 0 radical (unpaired) electrons. The number of nitrogens with zero attached hydrogens (tertiary/aromatic N) is 2. The molecular formula is C23H19FN2OS. The molecule has 140 valence electrons. The molecule has 0 saturated carbocycles. The average molecular weight is 390 g/mol. The smallest absolute Gasteiger partial charge is 0.237 e. The third-order valence-corrected chi connectivity index (χ3v) is 5.51. The maximum absolute atomic E-state index is 14.1. The van der Waals surface area contributed by atoms with Crippen LogP contribution in [0.1, 0.15) is 16.7 Å². The summed E-state index contributed by atoms with van der Waals surface area (Å²) >= 11 is 1.46. The Bertz CT molecular complexity index is 1110. The van der Waals surface area contributed by atoms with Crippen LogP contribution >= 0.6 is 11.3 Å². The van der Waals surface area contributed by atoms with Gasteiger partial charge >= 0.3 is 0 Å². The Morgan fingerprint density at radius 2 is 1.68 bits per heavy atom. The molecule has 1 aromatic heterocycles. The third-order valence-electron chi connectivity index (χ3n) is 4.49. The molecule has 0 unspecified atom stereocenters. The van der Waals surface area contributed by atoms with Gasteiger partial charge in [0.2, 0.25) is 5.91 Å². The first-order valence-corrected chi connectivity index (χ1v) is 9.83. The summed E-state index contributed by atoms with van der Waals surface area (Å²) < 4.78 is 15.1. The molecule has 0 fully saturated rings. The number of anilines is 2. The van der Waals surface area contributed by atoms with E-state index in [-0.39, 0.29) is 18.1 Å². The topological polar surface area (TPSA) is 33.2 Å². The second-order valence-corrected chi connectivity index (χ2v) is 7.82. The number of fused-ring (bicyclic) bond motifs is 1. The Labute approximate surface area is 167 Å². The first-order valence-electron chi connectivity index (χ1n) is 9.01. The molecule has 0 aliphatic carbocycles. The number of hydrogen-bond acceptors (Lipinski definition) is 3. The lowest BCUT2D eigenvalue weighted by molar-refractivity contribution is -0.117. The standard InChI is InChI=1S/C23H19FN2OS/c1-15-11-16(2)13-18(12-15)26(22(27)14-17-7-3-4-8-19(17)24)23-25-20-9-5-6-10-21(20)28-23/h3-13H,14H2,1-2H3. The van der Waals surface area contributed by atoms with Crippen LogP contribution in [0, 0.1) is 19.7 Å². The molecule has 28 heavy (non-hydrogen) atoms. The van der Waals surface area contributed by atoms with Gasteiger partial charge in [-0.25, -0.2) is 9.37 Å². The number of para-hydroxylation sites is 1. The predicted octanol–water partition coefficient (Wildman–Crippen LogP) is 5.96. The van der Waals surface area contributed by atoms with Crippen molar-refractivity contribution in [3.63, 3.8) is 0 Å². The molecule has 0 N–H and O–H groups in total. The maximum Gasteiger partial charge on any atom is 0.237 e. The van der Waals surface area contributed by atoms with Gasteiger partial charge in [-0.1, -0.05) is 47.7 Å². The van der Waals surface area contributed by atoms with E-state index in [1.807, 2.05) is 50.2 Å². The Kier molecular flexibility index (Phi) is 4.92. The fraction of sp³-hybridized carbons (Fsp3) is 0.130. The minimum atomic E-state index is -0.375. The van der Waals surface area contributed by atoms with Gasteiger partial charge in [-0.05, 0) is 60.9 Å². The summed E-state index contributed by atoms with van der Waals surface area (Å²) in [4.78, 5) is 19.6. The summed E-state index contributed by atoms with van der Waals surface area (Å²) in [6.07, 6.45) is -0.0322. The molecule has 1 amide bonds. The second kappa shape index (κ2) is 7.52. The van der Waals surface area contributed by atoms with Crippen molar-refractivity contribution in [2.45, 2.75) is 20.3 Å². The maximum atomic E-state index is 14.1. The number of thiazole rings is 1. The molecule has 4 aromatic rings. The monoisotopic (exact) mass is 390 g/mol. The highest BCUT2D eigenvalue weighted by atomic mass is 32.1. The summed E-state index contributed by atoms with van der Waals surface area (Å²) in [6.45, 7) is 3.99. The van der Waals surface area contributed by atoms with Crippen molar-refractivity contribution in [3.8, 4) is 0 Å². The number of aromatic nitrogens is 1. The molecule has 0 saturated heterocycles. The molecule has 0 bridgehead atoms. The first kappa shape index (κ1) is 18.3. The number of carbonyl (C=O) groups is 1. The van der Waals surface area contributed by atoms with Gasteiger partial charge in [0.05, 0.1) is 22.3 Å². The van der Waals surface area contributed by atoms with Crippen molar-refractivity contribution in [3.05, 3.63) is 89.2 Å². The minimum Gasteiger partial charge on any atom is -0.274 e. The highest BCUT2D eigenvalue weighted by Crippen LogP contribution is 2.34. The van der Waals surface area contributed by atoms with Gasteiger partial charge in [0.15, 0.2) is 5.13 Å². The zero-order valence-corrected chi connectivity index (χ0v) is 16.5. The van der Waals surface area contributed by atoms with Crippen LogP contribution in [0.5, 0.6) is 0 Å². The van der Waals surface area contributed by atoms with Gasteiger partial charge in [0.1, 0.15) is 5.82 Å². The fourth-order valence-electron chi connectivity index (χ4n) is 3.28. The zero-order valence-electron chi connectivity index (χ0n) is 15.6. The summed E-state index contributed by atoms with van der Waals surface area (Å²) in [5.74, 6) is -0.588.